The monoisotopic (exact) mass is 294 g/mol. The van der Waals surface area contributed by atoms with E-state index in [1.807, 2.05) is 13.0 Å². The average molecular weight is 294 g/mol. The maximum Gasteiger partial charge on any atom is 0.254 e. The molecule has 1 aromatic carbocycles. The fourth-order valence-electron chi connectivity index (χ4n) is 2.94. The van der Waals surface area contributed by atoms with Crippen LogP contribution in [0.25, 0.3) is 5.78 Å². The first kappa shape index (κ1) is 13.1. The Hall–Kier alpha value is -2.63. The highest BCUT2D eigenvalue weighted by molar-refractivity contribution is 5.54. The second kappa shape index (κ2) is 5.29. The van der Waals surface area contributed by atoms with Gasteiger partial charge in [-0.1, -0.05) is 18.2 Å². The van der Waals surface area contributed by atoms with Gasteiger partial charge >= 0.3 is 0 Å². The van der Waals surface area contributed by atoms with E-state index in [0.29, 0.717) is 11.8 Å². The number of fused-ring (bicyclic) bond motifs is 2. The van der Waals surface area contributed by atoms with Crippen molar-refractivity contribution in [3.63, 3.8) is 0 Å². The summed E-state index contributed by atoms with van der Waals surface area (Å²) in [4.78, 5) is 8.50. The van der Waals surface area contributed by atoms with Crippen LogP contribution < -0.4 is 10.6 Å². The lowest BCUT2D eigenvalue weighted by Crippen LogP contribution is -2.32. The lowest BCUT2D eigenvalue weighted by molar-refractivity contribution is 0.652. The second-order valence-corrected chi connectivity index (χ2v) is 5.67. The van der Waals surface area contributed by atoms with Gasteiger partial charge in [0.1, 0.15) is 12.1 Å². The number of nitrogens with one attached hydrogen (secondary N) is 2. The summed E-state index contributed by atoms with van der Waals surface area (Å²) < 4.78 is 1.74. The van der Waals surface area contributed by atoms with E-state index < -0.39 is 0 Å². The van der Waals surface area contributed by atoms with Crippen LogP contribution in [-0.2, 0) is 6.42 Å². The lowest BCUT2D eigenvalue weighted by atomic mass is 9.98. The van der Waals surface area contributed by atoms with Crippen LogP contribution >= 0.6 is 0 Å². The highest BCUT2D eigenvalue weighted by Crippen LogP contribution is 2.24. The van der Waals surface area contributed by atoms with Crippen LogP contribution in [0.15, 0.2) is 36.7 Å². The van der Waals surface area contributed by atoms with Gasteiger partial charge in [-0.2, -0.15) is 14.6 Å². The van der Waals surface area contributed by atoms with Crippen molar-refractivity contribution < 1.29 is 0 Å². The zero-order chi connectivity index (χ0) is 14.9. The van der Waals surface area contributed by atoms with E-state index in [0.717, 1.165) is 30.9 Å². The van der Waals surface area contributed by atoms with Gasteiger partial charge in [-0.15, -0.1) is 0 Å². The van der Waals surface area contributed by atoms with Crippen molar-refractivity contribution in [1.82, 2.24) is 19.6 Å². The molecule has 0 unspecified atom stereocenters. The number of anilines is 2. The first-order chi connectivity index (χ1) is 10.8. The number of hydrogen-bond acceptors (Lipinski definition) is 5. The molecule has 0 amide bonds. The molecule has 6 heteroatoms. The number of hydrogen-bond donors (Lipinski definition) is 2. The molecule has 1 atom stereocenters. The molecular weight excluding hydrogens is 276 g/mol. The Bertz CT molecular complexity index is 809. The number of benzene rings is 1. The Labute approximate surface area is 128 Å². The van der Waals surface area contributed by atoms with Gasteiger partial charge in [0.15, 0.2) is 0 Å². The third-order valence-electron chi connectivity index (χ3n) is 4.05. The lowest BCUT2D eigenvalue weighted by Gasteiger charge is -2.27. The Balaban J connectivity index is 1.50. The summed E-state index contributed by atoms with van der Waals surface area (Å²) in [5, 5.41) is 11.3. The predicted octanol–water partition coefficient (Wildman–Crippen LogP) is 2.27. The van der Waals surface area contributed by atoms with E-state index in [-0.39, 0.29) is 0 Å². The normalized spacial score (nSPS) is 17.0. The molecule has 0 aliphatic carbocycles. The van der Waals surface area contributed by atoms with Crippen molar-refractivity contribution >= 4 is 17.3 Å². The number of rotatable bonds is 3. The molecule has 0 radical (unpaired) electrons. The molecule has 0 saturated heterocycles. The summed E-state index contributed by atoms with van der Waals surface area (Å²) in [6.07, 6.45) is 3.76. The highest BCUT2D eigenvalue weighted by Gasteiger charge is 2.17. The van der Waals surface area contributed by atoms with Crippen molar-refractivity contribution in [2.75, 3.05) is 17.2 Å². The first-order valence-corrected chi connectivity index (χ1v) is 7.55. The molecule has 0 saturated carbocycles. The van der Waals surface area contributed by atoms with Crippen LogP contribution in [0.4, 0.5) is 11.5 Å². The Morgan fingerprint density at radius 1 is 1.36 bits per heavy atom. The van der Waals surface area contributed by atoms with E-state index in [2.05, 4.69) is 50.0 Å². The van der Waals surface area contributed by atoms with E-state index in [9.17, 15) is 0 Å². The van der Waals surface area contributed by atoms with Gasteiger partial charge in [-0.25, -0.2) is 4.98 Å². The summed E-state index contributed by atoms with van der Waals surface area (Å²) in [6, 6.07) is 10.9. The molecule has 2 aromatic heterocycles. The van der Waals surface area contributed by atoms with E-state index in [1.165, 1.54) is 17.6 Å². The fourth-order valence-corrected chi connectivity index (χ4v) is 2.94. The Kier molecular flexibility index (Phi) is 3.14. The average Bonchev–Trinajstić information content (AvgIpc) is 3.00. The van der Waals surface area contributed by atoms with Crippen molar-refractivity contribution in [3.05, 3.63) is 47.9 Å². The van der Waals surface area contributed by atoms with Crippen LogP contribution in [0.5, 0.6) is 0 Å². The van der Waals surface area contributed by atoms with Gasteiger partial charge in [0, 0.05) is 30.0 Å². The molecule has 2 N–H and O–H groups in total. The summed E-state index contributed by atoms with van der Waals surface area (Å²) in [5.41, 5.74) is 3.58. The molecule has 0 spiro atoms. The van der Waals surface area contributed by atoms with Crippen molar-refractivity contribution in [1.29, 1.82) is 0 Å². The number of aromatic nitrogens is 4. The van der Waals surface area contributed by atoms with E-state index in [4.69, 9.17) is 0 Å². The zero-order valence-corrected chi connectivity index (χ0v) is 12.5. The van der Waals surface area contributed by atoms with Crippen LogP contribution in [0.3, 0.4) is 0 Å². The largest absolute Gasteiger partial charge is 0.380 e. The van der Waals surface area contributed by atoms with Gasteiger partial charge in [0.25, 0.3) is 5.78 Å². The standard InChI is InChI=1S/C16H18N6/c1-11-8-15(22-16(20-11)18-10-19-22)17-9-13-7-6-12-4-2-3-5-14(12)21-13/h2-5,8,10,13,17,21H,6-7,9H2,1H3/t13-/m0/s1. The summed E-state index contributed by atoms with van der Waals surface area (Å²) in [6.45, 7) is 2.81. The minimum atomic E-state index is 0.405. The second-order valence-electron chi connectivity index (χ2n) is 5.67. The molecular formula is C16H18N6. The molecule has 22 heavy (non-hydrogen) atoms. The number of aryl methyl sites for hydroxylation is 2. The molecule has 0 bridgehead atoms. The zero-order valence-electron chi connectivity index (χ0n) is 12.5. The molecule has 1 aliphatic heterocycles. The SMILES string of the molecule is Cc1cc(NC[C@@H]2CCc3ccccc3N2)n2ncnc2n1. The first-order valence-electron chi connectivity index (χ1n) is 7.55. The predicted molar refractivity (Wildman–Crippen MR) is 86.2 cm³/mol. The quantitative estimate of drug-likeness (QED) is 0.775. The van der Waals surface area contributed by atoms with Crippen LogP contribution in [0, 0.1) is 6.92 Å². The summed E-state index contributed by atoms with van der Waals surface area (Å²) >= 11 is 0. The molecule has 1 aliphatic rings. The van der Waals surface area contributed by atoms with Crippen molar-refractivity contribution in [3.8, 4) is 0 Å². The Morgan fingerprint density at radius 3 is 3.23 bits per heavy atom. The fraction of sp³-hybridized carbons (Fsp3) is 0.312. The Morgan fingerprint density at radius 2 is 2.27 bits per heavy atom. The van der Waals surface area contributed by atoms with Gasteiger partial charge in [0.2, 0.25) is 0 Å². The minimum absolute atomic E-state index is 0.405. The van der Waals surface area contributed by atoms with Gasteiger partial charge < -0.3 is 10.6 Å². The molecule has 6 nitrogen and oxygen atoms in total. The molecule has 3 heterocycles. The van der Waals surface area contributed by atoms with E-state index >= 15 is 0 Å². The van der Waals surface area contributed by atoms with Crippen molar-refractivity contribution in [2.45, 2.75) is 25.8 Å². The van der Waals surface area contributed by atoms with Gasteiger partial charge in [-0.3, -0.25) is 0 Å². The molecule has 112 valence electrons. The van der Waals surface area contributed by atoms with E-state index in [1.54, 1.807) is 4.52 Å². The summed E-state index contributed by atoms with van der Waals surface area (Å²) in [5.74, 6) is 1.56. The smallest absolute Gasteiger partial charge is 0.254 e. The van der Waals surface area contributed by atoms with Crippen LogP contribution in [0.1, 0.15) is 17.7 Å². The highest BCUT2D eigenvalue weighted by atomic mass is 15.4. The number of nitrogens with zero attached hydrogens (tertiary/aromatic N) is 4. The van der Waals surface area contributed by atoms with Crippen molar-refractivity contribution in [2.24, 2.45) is 0 Å². The van der Waals surface area contributed by atoms with Gasteiger partial charge in [-0.05, 0) is 31.4 Å². The summed E-state index contributed by atoms with van der Waals surface area (Å²) in [7, 11) is 0. The third kappa shape index (κ3) is 2.36. The van der Waals surface area contributed by atoms with Crippen LogP contribution in [0.2, 0.25) is 0 Å². The molecule has 4 rings (SSSR count). The maximum absolute atomic E-state index is 4.35. The molecule has 0 fully saturated rings. The molecule has 3 aromatic rings. The topological polar surface area (TPSA) is 67.1 Å². The van der Waals surface area contributed by atoms with Crippen LogP contribution in [-0.4, -0.2) is 32.2 Å². The minimum Gasteiger partial charge on any atom is -0.380 e. The maximum atomic E-state index is 4.35. The van der Waals surface area contributed by atoms with Gasteiger partial charge in [0.05, 0.1) is 0 Å². The third-order valence-corrected chi connectivity index (χ3v) is 4.05. The number of para-hydroxylation sites is 1.